The highest BCUT2D eigenvalue weighted by Gasteiger charge is 2.16. The zero-order valence-electron chi connectivity index (χ0n) is 17.7. The lowest BCUT2D eigenvalue weighted by atomic mass is 10.1. The zero-order valence-corrected chi connectivity index (χ0v) is 18.6. The number of esters is 1. The number of carbonyl (C=O) groups is 3. The number of sulfonamides is 1. The van der Waals surface area contributed by atoms with Gasteiger partial charge in [0.1, 0.15) is 12.9 Å². The van der Waals surface area contributed by atoms with E-state index in [0.717, 1.165) is 5.56 Å². The standard InChI is InChI=1S/C20H21N7O6S/c21-34(31,32)15-7-5-14(6-8-15)9-10-22-19(29)12-33-20(30)16-3-1-2-4-17(16)24-18(28)11-27-13-23-25-26-27/h1-8,13H,9-12H2,(H,22,29)(H,24,28)(H2,21,31,32). The highest BCUT2D eigenvalue weighted by atomic mass is 32.2. The molecule has 0 fully saturated rings. The lowest BCUT2D eigenvalue weighted by Crippen LogP contribution is -2.30. The van der Waals surface area contributed by atoms with E-state index in [4.69, 9.17) is 9.88 Å². The maximum Gasteiger partial charge on any atom is 0.340 e. The van der Waals surface area contributed by atoms with Gasteiger partial charge >= 0.3 is 5.97 Å². The van der Waals surface area contributed by atoms with Crippen molar-refractivity contribution in [2.24, 2.45) is 5.14 Å². The fraction of sp³-hybridized carbons (Fsp3) is 0.200. The minimum Gasteiger partial charge on any atom is -0.452 e. The number of aromatic nitrogens is 4. The van der Waals surface area contributed by atoms with Gasteiger partial charge in [-0.3, -0.25) is 9.59 Å². The van der Waals surface area contributed by atoms with Crippen molar-refractivity contribution in [3.63, 3.8) is 0 Å². The summed E-state index contributed by atoms with van der Waals surface area (Å²) >= 11 is 0. The molecule has 3 rings (SSSR count). The van der Waals surface area contributed by atoms with E-state index >= 15 is 0 Å². The van der Waals surface area contributed by atoms with Crippen molar-refractivity contribution in [1.82, 2.24) is 25.5 Å². The SMILES string of the molecule is NS(=O)(=O)c1ccc(CCNC(=O)COC(=O)c2ccccc2NC(=O)Cn2cnnn2)cc1. The number of carbonyl (C=O) groups excluding carboxylic acids is 3. The number of anilines is 1. The molecule has 34 heavy (non-hydrogen) atoms. The molecule has 0 unspecified atom stereocenters. The van der Waals surface area contributed by atoms with Gasteiger partial charge in [-0.15, -0.1) is 5.10 Å². The van der Waals surface area contributed by atoms with E-state index in [1.54, 1.807) is 24.3 Å². The zero-order chi connectivity index (χ0) is 24.6. The van der Waals surface area contributed by atoms with Crippen LogP contribution in [0.15, 0.2) is 59.8 Å². The molecule has 0 aliphatic carbocycles. The normalized spacial score (nSPS) is 11.0. The lowest BCUT2D eigenvalue weighted by Gasteiger charge is -2.11. The molecule has 0 aliphatic heterocycles. The van der Waals surface area contributed by atoms with Gasteiger partial charge in [0, 0.05) is 6.54 Å². The van der Waals surface area contributed by atoms with Crippen LogP contribution in [0.2, 0.25) is 0 Å². The van der Waals surface area contributed by atoms with Gasteiger partial charge in [0.25, 0.3) is 5.91 Å². The van der Waals surface area contributed by atoms with Crippen LogP contribution in [0.5, 0.6) is 0 Å². The Morgan fingerprint density at radius 2 is 1.76 bits per heavy atom. The molecule has 0 atom stereocenters. The number of nitrogens with zero attached hydrogens (tertiary/aromatic N) is 4. The Hall–Kier alpha value is -4.17. The second-order valence-electron chi connectivity index (χ2n) is 6.97. The van der Waals surface area contributed by atoms with Crippen LogP contribution in [0.25, 0.3) is 0 Å². The molecule has 0 spiro atoms. The van der Waals surface area contributed by atoms with Crippen molar-refractivity contribution < 1.29 is 27.5 Å². The molecule has 178 valence electrons. The Morgan fingerprint density at radius 3 is 2.44 bits per heavy atom. The highest BCUT2D eigenvalue weighted by molar-refractivity contribution is 7.89. The predicted octanol–water partition coefficient (Wildman–Crippen LogP) is -0.525. The number of hydrogen-bond acceptors (Lipinski definition) is 9. The number of nitrogens with two attached hydrogens (primary N) is 1. The second-order valence-corrected chi connectivity index (χ2v) is 8.53. The predicted molar refractivity (Wildman–Crippen MR) is 118 cm³/mol. The Morgan fingerprint density at radius 1 is 1.03 bits per heavy atom. The number of ether oxygens (including phenoxy) is 1. The van der Waals surface area contributed by atoms with E-state index in [1.807, 2.05) is 0 Å². The van der Waals surface area contributed by atoms with E-state index < -0.39 is 34.4 Å². The fourth-order valence-electron chi connectivity index (χ4n) is 2.81. The molecule has 3 aromatic rings. The average molecular weight is 487 g/mol. The summed E-state index contributed by atoms with van der Waals surface area (Å²) < 4.78 is 28.8. The van der Waals surface area contributed by atoms with Gasteiger partial charge in [-0.25, -0.2) is 23.0 Å². The van der Waals surface area contributed by atoms with Crippen molar-refractivity contribution >= 4 is 33.5 Å². The van der Waals surface area contributed by atoms with E-state index in [-0.39, 0.29) is 29.2 Å². The van der Waals surface area contributed by atoms with Crippen LogP contribution in [-0.4, -0.2) is 59.6 Å². The summed E-state index contributed by atoms with van der Waals surface area (Å²) in [6, 6.07) is 12.2. The molecule has 4 N–H and O–H groups in total. The van der Waals surface area contributed by atoms with E-state index in [0.29, 0.717) is 6.42 Å². The third-order valence-electron chi connectivity index (χ3n) is 4.44. The molecule has 2 amide bonds. The van der Waals surface area contributed by atoms with Gasteiger partial charge in [-0.1, -0.05) is 24.3 Å². The fourth-order valence-corrected chi connectivity index (χ4v) is 3.33. The number of para-hydroxylation sites is 1. The monoisotopic (exact) mass is 487 g/mol. The van der Waals surface area contributed by atoms with Crippen LogP contribution >= 0.6 is 0 Å². The summed E-state index contributed by atoms with van der Waals surface area (Å²) in [5, 5.41) is 20.7. The summed E-state index contributed by atoms with van der Waals surface area (Å²) in [5.41, 5.74) is 1.08. The number of nitrogens with one attached hydrogen (secondary N) is 2. The van der Waals surface area contributed by atoms with Gasteiger partial charge < -0.3 is 15.4 Å². The first-order chi connectivity index (χ1) is 16.2. The van der Waals surface area contributed by atoms with Crippen molar-refractivity contribution in [2.75, 3.05) is 18.5 Å². The number of hydrogen-bond donors (Lipinski definition) is 3. The largest absolute Gasteiger partial charge is 0.452 e. The van der Waals surface area contributed by atoms with Gasteiger partial charge in [0.2, 0.25) is 15.9 Å². The minimum absolute atomic E-state index is 0.000859. The van der Waals surface area contributed by atoms with Crippen molar-refractivity contribution in [2.45, 2.75) is 17.9 Å². The Labute approximate surface area is 194 Å². The van der Waals surface area contributed by atoms with Crippen LogP contribution in [0.4, 0.5) is 5.69 Å². The molecule has 0 bridgehead atoms. The molecule has 1 aromatic heterocycles. The van der Waals surface area contributed by atoms with E-state index in [9.17, 15) is 22.8 Å². The molecule has 14 heteroatoms. The highest BCUT2D eigenvalue weighted by Crippen LogP contribution is 2.16. The Bertz CT molecular complexity index is 1260. The van der Waals surface area contributed by atoms with Crippen molar-refractivity contribution in [3.05, 3.63) is 66.0 Å². The van der Waals surface area contributed by atoms with E-state index in [2.05, 4.69) is 26.2 Å². The number of tetrazole rings is 1. The smallest absolute Gasteiger partial charge is 0.340 e. The topological polar surface area (TPSA) is 188 Å². The molecule has 0 aliphatic rings. The molecule has 0 radical (unpaired) electrons. The summed E-state index contributed by atoms with van der Waals surface area (Å²) in [7, 11) is -3.76. The first-order valence-corrected chi connectivity index (χ1v) is 11.4. The van der Waals surface area contributed by atoms with Crippen molar-refractivity contribution in [3.8, 4) is 0 Å². The summed E-state index contributed by atoms with van der Waals surface area (Å²) in [6.07, 6.45) is 1.71. The van der Waals surface area contributed by atoms with Gasteiger partial charge in [-0.05, 0) is 46.7 Å². The van der Waals surface area contributed by atoms with Crippen molar-refractivity contribution in [1.29, 1.82) is 0 Å². The van der Waals surface area contributed by atoms with Gasteiger partial charge in [0.15, 0.2) is 6.61 Å². The van der Waals surface area contributed by atoms with Crippen LogP contribution in [0, 0.1) is 0 Å². The number of benzene rings is 2. The molecular weight excluding hydrogens is 466 g/mol. The molecular formula is C20H21N7O6S. The molecule has 0 saturated heterocycles. The summed E-state index contributed by atoms with van der Waals surface area (Å²) in [4.78, 5) is 36.6. The van der Waals surface area contributed by atoms with Crippen LogP contribution < -0.4 is 15.8 Å². The van der Waals surface area contributed by atoms with Crippen LogP contribution in [0.3, 0.4) is 0 Å². The summed E-state index contributed by atoms with van der Waals surface area (Å²) in [5.74, 6) is -1.76. The third kappa shape index (κ3) is 7.18. The minimum atomic E-state index is -3.76. The maximum atomic E-state index is 12.4. The first-order valence-electron chi connectivity index (χ1n) is 9.87. The summed E-state index contributed by atoms with van der Waals surface area (Å²) in [6.45, 7) is -0.422. The first kappa shape index (κ1) is 24.5. The van der Waals surface area contributed by atoms with E-state index in [1.165, 1.54) is 35.3 Å². The third-order valence-corrected chi connectivity index (χ3v) is 5.37. The number of amides is 2. The van der Waals surface area contributed by atoms with Crippen LogP contribution in [0.1, 0.15) is 15.9 Å². The number of rotatable bonds is 10. The molecule has 0 saturated carbocycles. The Kier molecular flexibility index (Phi) is 8.00. The average Bonchev–Trinajstić information content (AvgIpc) is 3.30. The second kappa shape index (κ2) is 11.1. The molecule has 2 aromatic carbocycles. The number of primary sulfonamides is 1. The maximum absolute atomic E-state index is 12.4. The molecule has 13 nitrogen and oxygen atoms in total. The van der Waals surface area contributed by atoms with Gasteiger partial charge in [0.05, 0.1) is 16.1 Å². The lowest BCUT2D eigenvalue weighted by molar-refractivity contribution is -0.124. The van der Waals surface area contributed by atoms with Crippen LogP contribution in [-0.2, 0) is 37.3 Å². The molecule has 1 heterocycles. The van der Waals surface area contributed by atoms with Gasteiger partial charge in [-0.2, -0.15) is 0 Å². The quantitative estimate of drug-likeness (QED) is 0.316. The Balaban J connectivity index is 1.46.